The maximum Gasteiger partial charge on any atom is 0.227 e. The highest BCUT2D eigenvalue weighted by Crippen LogP contribution is 2.27. The second-order valence-electron chi connectivity index (χ2n) is 7.55. The fraction of sp³-hybridized carbons (Fsp3) is 0.842. The molecular weight excluding hydrogens is 350 g/mol. The van der Waals surface area contributed by atoms with Crippen LogP contribution in [0.15, 0.2) is 11.4 Å². The zero-order valence-corrected chi connectivity index (χ0v) is 17.4. The Bertz CT molecular complexity index is 636. The second-order valence-corrected chi connectivity index (χ2v) is 9.48. The first-order valence-corrected chi connectivity index (χ1v) is 11.6. The molecule has 0 N–H and O–H groups in total. The number of sulfone groups is 1. The van der Waals surface area contributed by atoms with Crippen molar-refractivity contribution in [1.82, 2.24) is 14.5 Å². The number of aromatic nitrogens is 2. The fourth-order valence-electron chi connectivity index (χ4n) is 3.71. The predicted octanol–water partition coefficient (Wildman–Crippen LogP) is 3.12. The van der Waals surface area contributed by atoms with Crippen LogP contribution in [0.3, 0.4) is 0 Å². The molecule has 1 saturated carbocycles. The van der Waals surface area contributed by atoms with E-state index in [1.165, 1.54) is 6.42 Å². The number of hydrogen-bond acceptors (Lipinski definition) is 5. The van der Waals surface area contributed by atoms with Crippen LogP contribution in [0.25, 0.3) is 0 Å². The summed E-state index contributed by atoms with van der Waals surface area (Å²) in [6, 6.07) is 0. The molecule has 0 saturated heterocycles. The molecule has 1 aromatic heterocycles. The minimum Gasteiger partial charge on any atom is -0.383 e. The molecule has 0 amide bonds. The van der Waals surface area contributed by atoms with E-state index in [0.717, 1.165) is 50.8 Å². The summed E-state index contributed by atoms with van der Waals surface area (Å²) in [5.41, 5.74) is 0.947. The van der Waals surface area contributed by atoms with Crippen LogP contribution in [0.1, 0.15) is 57.6 Å². The van der Waals surface area contributed by atoms with E-state index >= 15 is 0 Å². The molecule has 26 heavy (non-hydrogen) atoms. The molecule has 1 aromatic rings. The van der Waals surface area contributed by atoms with E-state index in [0.29, 0.717) is 19.7 Å². The Hall–Kier alpha value is -0.920. The molecule has 0 unspecified atom stereocenters. The fourth-order valence-corrected chi connectivity index (χ4v) is 5.57. The van der Waals surface area contributed by atoms with E-state index in [9.17, 15) is 8.42 Å². The van der Waals surface area contributed by atoms with Crippen molar-refractivity contribution < 1.29 is 13.2 Å². The lowest BCUT2D eigenvalue weighted by Gasteiger charge is -2.22. The van der Waals surface area contributed by atoms with Crippen molar-refractivity contribution >= 4 is 9.84 Å². The molecule has 2 rings (SSSR count). The van der Waals surface area contributed by atoms with E-state index in [-0.39, 0.29) is 16.8 Å². The number of ether oxygens (including phenoxy) is 1. The lowest BCUT2D eigenvalue weighted by Crippen LogP contribution is -2.25. The van der Waals surface area contributed by atoms with Gasteiger partial charge in [-0.2, -0.15) is 0 Å². The summed E-state index contributed by atoms with van der Waals surface area (Å²) in [4.78, 5) is 6.56. The van der Waals surface area contributed by atoms with Crippen LogP contribution >= 0.6 is 0 Å². The van der Waals surface area contributed by atoms with E-state index in [1.54, 1.807) is 13.3 Å². The van der Waals surface area contributed by atoms with Gasteiger partial charge in [-0.05, 0) is 38.8 Å². The highest BCUT2D eigenvalue weighted by Gasteiger charge is 2.28. The van der Waals surface area contributed by atoms with Gasteiger partial charge in [-0.3, -0.25) is 0 Å². The molecule has 6 nitrogen and oxygen atoms in total. The number of rotatable bonds is 11. The summed E-state index contributed by atoms with van der Waals surface area (Å²) in [7, 11) is 0.333. The van der Waals surface area contributed by atoms with Gasteiger partial charge in [0.1, 0.15) is 0 Å². The van der Waals surface area contributed by atoms with Crippen LogP contribution in [0.5, 0.6) is 0 Å². The normalized spacial score (nSPS) is 16.5. The molecule has 0 atom stereocenters. The average Bonchev–Trinajstić information content (AvgIpc) is 3.02. The molecular formula is C19H35N3O3S. The molecule has 0 aliphatic heterocycles. The number of hydrogen-bond donors (Lipinski definition) is 0. The van der Waals surface area contributed by atoms with E-state index in [1.807, 2.05) is 4.57 Å². The third-order valence-electron chi connectivity index (χ3n) is 5.20. The van der Waals surface area contributed by atoms with Crippen molar-refractivity contribution in [2.24, 2.45) is 5.92 Å². The van der Waals surface area contributed by atoms with Crippen molar-refractivity contribution in [3.05, 3.63) is 11.9 Å². The van der Waals surface area contributed by atoms with Crippen molar-refractivity contribution in [1.29, 1.82) is 0 Å². The maximum atomic E-state index is 13.0. The van der Waals surface area contributed by atoms with Crippen LogP contribution in [0.2, 0.25) is 0 Å². The van der Waals surface area contributed by atoms with Crippen molar-refractivity contribution in [3.8, 4) is 0 Å². The quantitative estimate of drug-likeness (QED) is 0.586. The summed E-state index contributed by atoms with van der Waals surface area (Å²) in [5.74, 6) is 0.499. The molecule has 0 aromatic carbocycles. The predicted molar refractivity (Wildman–Crippen MR) is 104 cm³/mol. The van der Waals surface area contributed by atoms with Crippen molar-refractivity contribution in [2.75, 3.05) is 33.1 Å². The minimum atomic E-state index is -3.38. The van der Waals surface area contributed by atoms with Crippen LogP contribution in [0, 0.1) is 5.92 Å². The van der Waals surface area contributed by atoms with Gasteiger partial charge in [0, 0.05) is 20.2 Å². The van der Waals surface area contributed by atoms with Gasteiger partial charge in [-0.25, -0.2) is 13.4 Å². The van der Waals surface area contributed by atoms with Crippen LogP contribution < -0.4 is 0 Å². The van der Waals surface area contributed by atoms with Gasteiger partial charge in [0.2, 0.25) is 15.0 Å². The minimum absolute atomic E-state index is 0.221. The zero-order valence-electron chi connectivity index (χ0n) is 16.6. The van der Waals surface area contributed by atoms with Gasteiger partial charge < -0.3 is 14.2 Å². The van der Waals surface area contributed by atoms with Gasteiger partial charge in [0.25, 0.3) is 0 Å². The van der Waals surface area contributed by atoms with Crippen LogP contribution in [-0.2, 0) is 27.7 Å². The molecule has 150 valence electrons. The molecule has 0 bridgehead atoms. The van der Waals surface area contributed by atoms with E-state index in [2.05, 4.69) is 23.9 Å². The Morgan fingerprint density at radius 3 is 2.69 bits per heavy atom. The lowest BCUT2D eigenvalue weighted by molar-refractivity contribution is 0.182. The van der Waals surface area contributed by atoms with Gasteiger partial charge in [-0.15, -0.1) is 0 Å². The molecule has 1 heterocycles. The van der Waals surface area contributed by atoms with Crippen LogP contribution in [0.4, 0.5) is 0 Å². The van der Waals surface area contributed by atoms with Gasteiger partial charge in [0.05, 0.1) is 24.3 Å². The first kappa shape index (κ1) is 21.4. The molecule has 1 fully saturated rings. The van der Waals surface area contributed by atoms with E-state index < -0.39 is 9.84 Å². The number of nitrogens with zero attached hydrogens (tertiary/aromatic N) is 3. The Morgan fingerprint density at radius 2 is 2.04 bits per heavy atom. The SMILES string of the molecule is CCCCN(C)Cc1cnc(S(=O)(=O)CC2CCCCC2)n1CCOC. The maximum absolute atomic E-state index is 13.0. The number of unbranched alkanes of at least 4 members (excludes halogenated alkanes) is 1. The van der Waals surface area contributed by atoms with Gasteiger partial charge in [0.15, 0.2) is 0 Å². The Labute approximate surface area is 158 Å². The first-order valence-electron chi connectivity index (χ1n) is 9.92. The lowest BCUT2D eigenvalue weighted by atomic mass is 9.91. The van der Waals surface area contributed by atoms with E-state index in [4.69, 9.17) is 4.74 Å². The summed E-state index contributed by atoms with van der Waals surface area (Å²) in [5, 5.41) is 0.221. The molecule has 1 aliphatic carbocycles. The van der Waals surface area contributed by atoms with Gasteiger partial charge >= 0.3 is 0 Å². The smallest absolute Gasteiger partial charge is 0.227 e. The highest BCUT2D eigenvalue weighted by atomic mass is 32.2. The summed E-state index contributed by atoms with van der Waals surface area (Å²) >= 11 is 0. The van der Waals surface area contributed by atoms with Gasteiger partial charge in [-0.1, -0.05) is 32.6 Å². The standard InChI is InChI=1S/C19H35N3O3S/c1-4-5-11-21(2)15-18-14-20-19(22(18)12-13-25-3)26(23,24)16-17-9-7-6-8-10-17/h14,17H,4-13,15-16H2,1-3H3. The monoisotopic (exact) mass is 385 g/mol. The average molecular weight is 386 g/mol. The summed E-state index contributed by atoms with van der Waals surface area (Å²) < 4.78 is 33.1. The molecule has 0 spiro atoms. The largest absolute Gasteiger partial charge is 0.383 e. The molecule has 1 aliphatic rings. The summed E-state index contributed by atoms with van der Waals surface area (Å²) in [6.07, 6.45) is 9.57. The van der Waals surface area contributed by atoms with Crippen molar-refractivity contribution in [3.63, 3.8) is 0 Å². The van der Waals surface area contributed by atoms with Crippen LogP contribution in [-0.4, -0.2) is 55.9 Å². The Balaban J connectivity index is 2.17. The first-order chi connectivity index (χ1) is 12.5. The number of imidazole rings is 1. The Kier molecular flexibility index (Phi) is 8.57. The molecule has 7 heteroatoms. The topological polar surface area (TPSA) is 64.4 Å². The Morgan fingerprint density at radius 1 is 1.31 bits per heavy atom. The summed E-state index contributed by atoms with van der Waals surface area (Å²) in [6.45, 7) is 4.87. The van der Waals surface area contributed by atoms with Crippen molar-refractivity contribution in [2.45, 2.75) is 70.1 Å². The zero-order chi connectivity index (χ0) is 19.0. The third kappa shape index (κ3) is 6.06. The third-order valence-corrected chi connectivity index (χ3v) is 7.00. The second kappa shape index (κ2) is 10.4. The highest BCUT2D eigenvalue weighted by molar-refractivity contribution is 7.91. The number of methoxy groups -OCH3 is 1. The molecule has 0 radical (unpaired) electrons.